The zero-order valence-electron chi connectivity index (χ0n) is 7.83. The largest absolute Gasteiger partial charge is 0.449 e. The van der Waals surface area contributed by atoms with Crippen LogP contribution in [0.2, 0.25) is 0 Å². The third kappa shape index (κ3) is 1.72. The summed E-state index contributed by atoms with van der Waals surface area (Å²) in [7, 11) is 0. The normalized spacial score (nSPS) is 32.4. The highest BCUT2D eigenvalue weighted by molar-refractivity contribution is 9.10. The van der Waals surface area contributed by atoms with Gasteiger partial charge in [-0.2, -0.15) is 0 Å². The Morgan fingerprint density at radius 3 is 2.93 bits per heavy atom. The summed E-state index contributed by atoms with van der Waals surface area (Å²) < 4.78 is 17.2. The summed E-state index contributed by atoms with van der Waals surface area (Å²) in [6.07, 6.45) is -0.0520. The molecule has 0 saturated carbocycles. The molecule has 1 aliphatic heterocycles. The SMILES string of the molecule is CC1(c2ccc(Br)o2)OCC(CN)O1. The lowest BCUT2D eigenvalue weighted by molar-refractivity contribution is -0.173. The van der Waals surface area contributed by atoms with Crippen LogP contribution in [0.3, 0.4) is 0 Å². The van der Waals surface area contributed by atoms with E-state index in [1.54, 1.807) is 0 Å². The van der Waals surface area contributed by atoms with E-state index in [-0.39, 0.29) is 6.10 Å². The third-order valence-electron chi connectivity index (χ3n) is 2.22. The first kappa shape index (κ1) is 10.2. The van der Waals surface area contributed by atoms with E-state index in [0.29, 0.717) is 23.6 Å². The van der Waals surface area contributed by atoms with Crippen molar-refractivity contribution < 1.29 is 13.9 Å². The highest BCUT2D eigenvalue weighted by Gasteiger charge is 2.40. The van der Waals surface area contributed by atoms with Crippen LogP contribution in [0.4, 0.5) is 0 Å². The zero-order valence-corrected chi connectivity index (χ0v) is 9.41. The Balaban J connectivity index is 2.18. The fourth-order valence-corrected chi connectivity index (χ4v) is 1.75. The molecule has 0 amide bonds. The van der Waals surface area contributed by atoms with Crippen molar-refractivity contribution >= 4 is 15.9 Å². The molecular weight excluding hydrogens is 250 g/mol. The number of rotatable bonds is 2. The molecule has 0 aliphatic carbocycles. The molecule has 78 valence electrons. The molecule has 4 nitrogen and oxygen atoms in total. The molecular formula is C9H12BrNO3. The van der Waals surface area contributed by atoms with Gasteiger partial charge in [0, 0.05) is 6.54 Å². The quantitative estimate of drug-likeness (QED) is 0.879. The molecule has 2 rings (SSSR count). The van der Waals surface area contributed by atoms with Crippen LogP contribution in [0.15, 0.2) is 21.2 Å². The molecule has 0 bridgehead atoms. The van der Waals surface area contributed by atoms with Gasteiger partial charge in [-0.25, -0.2) is 0 Å². The van der Waals surface area contributed by atoms with Crippen LogP contribution in [-0.2, 0) is 15.3 Å². The molecule has 1 fully saturated rings. The van der Waals surface area contributed by atoms with Gasteiger partial charge in [-0.1, -0.05) is 0 Å². The van der Waals surface area contributed by atoms with E-state index in [0.717, 1.165) is 0 Å². The Morgan fingerprint density at radius 1 is 1.64 bits per heavy atom. The molecule has 1 aliphatic rings. The van der Waals surface area contributed by atoms with Gasteiger partial charge in [-0.15, -0.1) is 0 Å². The first-order valence-electron chi connectivity index (χ1n) is 4.42. The van der Waals surface area contributed by atoms with Gasteiger partial charge in [0.1, 0.15) is 0 Å². The van der Waals surface area contributed by atoms with Crippen molar-refractivity contribution in [1.29, 1.82) is 0 Å². The lowest BCUT2D eigenvalue weighted by Crippen LogP contribution is -2.26. The molecule has 0 spiro atoms. The zero-order chi connectivity index (χ0) is 10.2. The van der Waals surface area contributed by atoms with Crippen LogP contribution < -0.4 is 5.73 Å². The van der Waals surface area contributed by atoms with Gasteiger partial charge < -0.3 is 19.6 Å². The van der Waals surface area contributed by atoms with Gasteiger partial charge in [0.05, 0.1) is 12.7 Å². The van der Waals surface area contributed by atoms with E-state index in [9.17, 15) is 0 Å². The summed E-state index contributed by atoms with van der Waals surface area (Å²) in [5.41, 5.74) is 5.49. The number of nitrogens with two attached hydrogens (primary N) is 1. The van der Waals surface area contributed by atoms with Crippen molar-refractivity contribution in [2.45, 2.75) is 18.8 Å². The van der Waals surface area contributed by atoms with Crippen LogP contribution in [0.5, 0.6) is 0 Å². The van der Waals surface area contributed by atoms with E-state index >= 15 is 0 Å². The van der Waals surface area contributed by atoms with Gasteiger partial charge in [-0.3, -0.25) is 0 Å². The summed E-state index contributed by atoms with van der Waals surface area (Å²) in [6, 6.07) is 3.63. The van der Waals surface area contributed by atoms with Crippen LogP contribution >= 0.6 is 15.9 Å². The maximum absolute atomic E-state index is 5.64. The minimum atomic E-state index is -0.796. The van der Waals surface area contributed by atoms with Crippen LogP contribution in [0.25, 0.3) is 0 Å². The molecule has 1 aromatic rings. The van der Waals surface area contributed by atoms with Gasteiger partial charge in [0.2, 0.25) is 5.79 Å². The molecule has 1 saturated heterocycles. The highest BCUT2D eigenvalue weighted by atomic mass is 79.9. The van der Waals surface area contributed by atoms with Crippen molar-refractivity contribution in [1.82, 2.24) is 0 Å². The fourth-order valence-electron chi connectivity index (χ4n) is 1.44. The Labute approximate surface area is 90.5 Å². The lowest BCUT2D eigenvalue weighted by atomic mass is 10.2. The summed E-state index contributed by atoms with van der Waals surface area (Å²) in [5, 5.41) is 0. The monoisotopic (exact) mass is 261 g/mol. The average molecular weight is 262 g/mol. The third-order valence-corrected chi connectivity index (χ3v) is 2.65. The molecule has 0 aromatic carbocycles. The summed E-state index contributed by atoms with van der Waals surface area (Å²) in [6.45, 7) is 2.79. The van der Waals surface area contributed by atoms with Crippen molar-refractivity contribution in [3.8, 4) is 0 Å². The van der Waals surface area contributed by atoms with Crippen LogP contribution in [-0.4, -0.2) is 19.3 Å². The topological polar surface area (TPSA) is 57.6 Å². The molecule has 14 heavy (non-hydrogen) atoms. The summed E-state index contributed by atoms with van der Waals surface area (Å²) in [5.74, 6) is -0.142. The Hall–Kier alpha value is -0.360. The van der Waals surface area contributed by atoms with Gasteiger partial charge in [0.25, 0.3) is 0 Å². The van der Waals surface area contributed by atoms with Gasteiger partial charge in [-0.05, 0) is 35.0 Å². The van der Waals surface area contributed by atoms with Crippen LogP contribution in [0.1, 0.15) is 12.7 Å². The van der Waals surface area contributed by atoms with Crippen molar-refractivity contribution in [2.24, 2.45) is 5.73 Å². The second kappa shape index (κ2) is 3.66. The molecule has 1 aromatic heterocycles. The van der Waals surface area contributed by atoms with Crippen molar-refractivity contribution in [3.05, 3.63) is 22.6 Å². The predicted molar refractivity (Wildman–Crippen MR) is 53.6 cm³/mol. The second-order valence-electron chi connectivity index (χ2n) is 3.34. The first-order valence-corrected chi connectivity index (χ1v) is 5.21. The number of halogens is 1. The standard InChI is InChI=1S/C9H12BrNO3/c1-9(7-2-3-8(10)13-7)12-5-6(4-11)14-9/h2-3,6H,4-5,11H2,1H3. The fraction of sp³-hybridized carbons (Fsp3) is 0.556. The maximum Gasteiger partial charge on any atom is 0.225 e. The first-order chi connectivity index (χ1) is 6.64. The Kier molecular flexibility index (Phi) is 2.66. The summed E-state index contributed by atoms with van der Waals surface area (Å²) in [4.78, 5) is 0. The molecule has 5 heteroatoms. The van der Waals surface area contributed by atoms with E-state index in [2.05, 4.69) is 15.9 Å². The minimum Gasteiger partial charge on any atom is -0.449 e. The second-order valence-corrected chi connectivity index (χ2v) is 4.12. The van der Waals surface area contributed by atoms with E-state index < -0.39 is 5.79 Å². The predicted octanol–water partition coefficient (Wildman–Crippen LogP) is 1.59. The molecule has 2 N–H and O–H groups in total. The van der Waals surface area contributed by atoms with Crippen molar-refractivity contribution in [3.63, 3.8) is 0 Å². The molecule has 0 radical (unpaired) electrons. The number of hydrogen-bond donors (Lipinski definition) is 1. The molecule has 2 atom stereocenters. The molecule has 2 unspecified atom stereocenters. The molecule has 2 heterocycles. The lowest BCUT2D eigenvalue weighted by Gasteiger charge is -2.20. The average Bonchev–Trinajstić information content (AvgIpc) is 2.73. The maximum atomic E-state index is 5.64. The van der Waals surface area contributed by atoms with E-state index in [4.69, 9.17) is 19.6 Å². The number of hydrogen-bond acceptors (Lipinski definition) is 4. The minimum absolute atomic E-state index is 0.0520. The Morgan fingerprint density at radius 2 is 2.43 bits per heavy atom. The van der Waals surface area contributed by atoms with Gasteiger partial charge in [0.15, 0.2) is 10.4 Å². The number of ether oxygens (including phenoxy) is 2. The van der Waals surface area contributed by atoms with E-state index in [1.165, 1.54) is 0 Å². The Bertz CT molecular complexity index is 328. The van der Waals surface area contributed by atoms with Crippen molar-refractivity contribution in [2.75, 3.05) is 13.2 Å². The number of furan rings is 1. The highest BCUT2D eigenvalue weighted by Crippen LogP contribution is 2.35. The van der Waals surface area contributed by atoms with Crippen LogP contribution in [0, 0.1) is 0 Å². The smallest absolute Gasteiger partial charge is 0.225 e. The van der Waals surface area contributed by atoms with E-state index in [1.807, 2.05) is 19.1 Å². The van der Waals surface area contributed by atoms with Gasteiger partial charge >= 0.3 is 0 Å². The summed E-state index contributed by atoms with van der Waals surface area (Å²) >= 11 is 3.23.